The molecule has 6 nitrogen and oxygen atoms in total. The maximum absolute atomic E-state index is 12.4. The van der Waals surface area contributed by atoms with E-state index in [1.54, 1.807) is 13.8 Å². The summed E-state index contributed by atoms with van der Waals surface area (Å²) in [6.45, 7) is 4.27. The molecule has 0 radical (unpaired) electrons. The van der Waals surface area contributed by atoms with Gasteiger partial charge >= 0.3 is 0 Å². The van der Waals surface area contributed by atoms with E-state index in [1.165, 1.54) is 23.2 Å². The van der Waals surface area contributed by atoms with E-state index in [9.17, 15) is 9.59 Å². The van der Waals surface area contributed by atoms with E-state index in [-0.39, 0.29) is 17.5 Å². The second-order valence-corrected chi connectivity index (χ2v) is 4.82. The van der Waals surface area contributed by atoms with E-state index in [0.29, 0.717) is 18.7 Å². The van der Waals surface area contributed by atoms with E-state index in [1.807, 2.05) is 6.07 Å². The fraction of sp³-hybridized carbons (Fsp3) is 0.385. The molecule has 0 aromatic carbocycles. The Morgan fingerprint density at radius 1 is 1.53 bits per heavy atom. The maximum atomic E-state index is 12.4. The number of nitrogens with one attached hydrogen (secondary N) is 1. The zero-order valence-corrected chi connectivity index (χ0v) is 10.8. The van der Waals surface area contributed by atoms with E-state index >= 15 is 0 Å². The summed E-state index contributed by atoms with van der Waals surface area (Å²) in [5, 5.41) is 11.4. The van der Waals surface area contributed by atoms with E-state index in [0.717, 1.165) is 0 Å². The normalized spacial score (nSPS) is 17.5. The van der Waals surface area contributed by atoms with Crippen molar-refractivity contribution in [1.82, 2.24) is 15.2 Å². The van der Waals surface area contributed by atoms with Crippen LogP contribution in [0.3, 0.4) is 0 Å². The fourth-order valence-electron chi connectivity index (χ4n) is 1.98. The molecular formula is C13H14N4O2. The molecule has 2 heterocycles. The number of pyridine rings is 1. The van der Waals surface area contributed by atoms with Crippen LogP contribution in [0.4, 0.5) is 0 Å². The first-order valence-corrected chi connectivity index (χ1v) is 5.93. The number of nitriles is 1. The van der Waals surface area contributed by atoms with Gasteiger partial charge in [-0.05, 0) is 26.0 Å². The molecule has 98 valence electrons. The van der Waals surface area contributed by atoms with Crippen LogP contribution in [0.15, 0.2) is 18.3 Å². The minimum Gasteiger partial charge on any atom is -0.352 e. The molecule has 0 bridgehead atoms. The smallest absolute Gasteiger partial charge is 0.273 e. The molecule has 1 saturated heterocycles. The van der Waals surface area contributed by atoms with Crippen LogP contribution in [0.2, 0.25) is 0 Å². The molecule has 0 atom stereocenters. The molecule has 19 heavy (non-hydrogen) atoms. The van der Waals surface area contributed by atoms with Crippen LogP contribution in [0.25, 0.3) is 0 Å². The number of rotatable bonds is 1. The van der Waals surface area contributed by atoms with Gasteiger partial charge in [-0.3, -0.25) is 9.59 Å². The third-order valence-corrected chi connectivity index (χ3v) is 3.21. The molecule has 0 spiro atoms. The molecule has 0 aliphatic carbocycles. The summed E-state index contributed by atoms with van der Waals surface area (Å²) in [6.07, 6.45) is 1.35. The van der Waals surface area contributed by atoms with Crippen molar-refractivity contribution in [3.8, 4) is 6.07 Å². The Morgan fingerprint density at radius 3 is 2.84 bits per heavy atom. The Balaban J connectivity index is 2.27. The Hall–Kier alpha value is -2.42. The monoisotopic (exact) mass is 258 g/mol. The molecule has 6 heteroatoms. The maximum Gasteiger partial charge on any atom is 0.273 e. The largest absolute Gasteiger partial charge is 0.352 e. The van der Waals surface area contributed by atoms with Gasteiger partial charge in [0.15, 0.2) is 0 Å². The third-order valence-electron chi connectivity index (χ3n) is 3.21. The highest BCUT2D eigenvalue weighted by Crippen LogP contribution is 2.20. The van der Waals surface area contributed by atoms with Crippen molar-refractivity contribution in [3.05, 3.63) is 29.6 Å². The van der Waals surface area contributed by atoms with Crippen LogP contribution in [-0.4, -0.2) is 40.3 Å². The van der Waals surface area contributed by atoms with Gasteiger partial charge in [-0.15, -0.1) is 0 Å². The summed E-state index contributed by atoms with van der Waals surface area (Å²) in [6, 6.07) is 4.99. The minimum absolute atomic E-state index is 0.180. The summed E-state index contributed by atoms with van der Waals surface area (Å²) >= 11 is 0. The molecule has 1 aromatic heterocycles. The number of amides is 2. The molecule has 2 amide bonds. The SMILES string of the molecule is CC1(C)C(=O)NCCN1C(=O)c1ccc(C#N)cn1. The van der Waals surface area contributed by atoms with Gasteiger partial charge in [0.05, 0.1) is 5.56 Å². The second-order valence-electron chi connectivity index (χ2n) is 4.82. The average Bonchev–Trinajstić information content (AvgIpc) is 2.41. The Bertz CT molecular complexity index is 557. The lowest BCUT2D eigenvalue weighted by Gasteiger charge is -2.40. The molecule has 1 aliphatic rings. The van der Waals surface area contributed by atoms with E-state index in [2.05, 4.69) is 10.3 Å². The first kappa shape index (κ1) is 13.0. The Morgan fingerprint density at radius 2 is 2.26 bits per heavy atom. The van der Waals surface area contributed by atoms with Gasteiger partial charge < -0.3 is 10.2 Å². The number of aromatic nitrogens is 1. The number of nitrogens with zero attached hydrogens (tertiary/aromatic N) is 3. The van der Waals surface area contributed by atoms with Crippen molar-refractivity contribution in [2.75, 3.05) is 13.1 Å². The van der Waals surface area contributed by atoms with Crippen LogP contribution in [-0.2, 0) is 4.79 Å². The van der Waals surface area contributed by atoms with Gasteiger partial charge in [0.1, 0.15) is 17.3 Å². The lowest BCUT2D eigenvalue weighted by molar-refractivity contribution is -0.133. The lowest BCUT2D eigenvalue weighted by atomic mass is 9.98. The predicted octanol–water partition coefficient (Wildman–Crippen LogP) is 0.304. The zero-order chi connectivity index (χ0) is 14.0. The van der Waals surface area contributed by atoms with E-state index in [4.69, 9.17) is 5.26 Å². The Labute approximate surface area is 111 Å². The van der Waals surface area contributed by atoms with Crippen LogP contribution >= 0.6 is 0 Å². The summed E-state index contributed by atoms with van der Waals surface area (Å²) < 4.78 is 0. The van der Waals surface area contributed by atoms with Gasteiger partial charge in [0, 0.05) is 19.3 Å². The zero-order valence-electron chi connectivity index (χ0n) is 10.8. The summed E-state index contributed by atoms with van der Waals surface area (Å²) in [4.78, 5) is 29.6. The van der Waals surface area contributed by atoms with Crippen molar-refractivity contribution >= 4 is 11.8 Å². The van der Waals surface area contributed by atoms with Crippen molar-refractivity contribution in [2.24, 2.45) is 0 Å². The van der Waals surface area contributed by atoms with Crippen molar-refractivity contribution < 1.29 is 9.59 Å². The predicted molar refractivity (Wildman–Crippen MR) is 67.1 cm³/mol. The molecular weight excluding hydrogens is 244 g/mol. The van der Waals surface area contributed by atoms with Crippen LogP contribution in [0.1, 0.15) is 29.9 Å². The molecule has 1 aromatic rings. The molecule has 1 N–H and O–H groups in total. The fourth-order valence-corrected chi connectivity index (χ4v) is 1.98. The second kappa shape index (κ2) is 4.69. The number of hydrogen-bond acceptors (Lipinski definition) is 4. The van der Waals surface area contributed by atoms with Crippen LogP contribution in [0, 0.1) is 11.3 Å². The summed E-state index contributed by atoms with van der Waals surface area (Å²) in [5.41, 5.74) is -0.265. The lowest BCUT2D eigenvalue weighted by Crippen LogP contribution is -2.63. The van der Waals surface area contributed by atoms with Crippen molar-refractivity contribution in [2.45, 2.75) is 19.4 Å². The number of hydrogen-bond donors (Lipinski definition) is 1. The molecule has 0 saturated carbocycles. The van der Waals surface area contributed by atoms with Gasteiger partial charge in [-0.1, -0.05) is 0 Å². The molecule has 1 fully saturated rings. The first-order chi connectivity index (χ1) is 8.96. The van der Waals surface area contributed by atoms with Crippen LogP contribution < -0.4 is 5.32 Å². The highest BCUT2D eigenvalue weighted by Gasteiger charge is 2.40. The minimum atomic E-state index is -0.898. The van der Waals surface area contributed by atoms with Crippen LogP contribution in [0.5, 0.6) is 0 Å². The highest BCUT2D eigenvalue weighted by atomic mass is 16.2. The topological polar surface area (TPSA) is 86.1 Å². The highest BCUT2D eigenvalue weighted by molar-refractivity contribution is 5.98. The Kier molecular flexibility index (Phi) is 3.21. The number of carbonyl (C=O) groups is 2. The summed E-state index contributed by atoms with van der Waals surface area (Å²) in [5.74, 6) is -0.481. The molecule has 0 unspecified atom stereocenters. The average molecular weight is 258 g/mol. The van der Waals surface area contributed by atoms with Crippen molar-refractivity contribution in [3.63, 3.8) is 0 Å². The standard InChI is InChI=1S/C13H14N4O2/c1-13(2)12(19)15-5-6-17(13)11(18)10-4-3-9(7-14)8-16-10/h3-4,8H,5-6H2,1-2H3,(H,15,19). The van der Waals surface area contributed by atoms with Gasteiger partial charge in [-0.25, -0.2) is 4.98 Å². The first-order valence-electron chi connectivity index (χ1n) is 5.93. The van der Waals surface area contributed by atoms with E-state index < -0.39 is 5.54 Å². The molecule has 1 aliphatic heterocycles. The molecule has 2 rings (SSSR count). The third kappa shape index (κ3) is 2.27. The van der Waals surface area contributed by atoms with Crippen molar-refractivity contribution in [1.29, 1.82) is 5.26 Å². The summed E-state index contributed by atoms with van der Waals surface area (Å²) in [7, 11) is 0. The van der Waals surface area contributed by atoms with Gasteiger partial charge in [-0.2, -0.15) is 5.26 Å². The van der Waals surface area contributed by atoms with Gasteiger partial charge in [0.2, 0.25) is 5.91 Å². The number of piperazine rings is 1. The number of carbonyl (C=O) groups excluding carboxylic acids is 2. The quantitative estimate of drug-likeness (QED) is 0.785. The van der Waals surface area contributed by atoms with Gasteiger partial charge in [0.25, 0.3) is 5.91 Å².